The van der Waals surface area contributed by atoms with Gasteiger partial charge >= 0.3 is 0 Å². The van der Waals surface area contributed by atoms with E-state index in [1.807, 2.05) is 37.4 Å². The molecule has 0 unspecified atom stereocenters. The van der Waals surface area contributed by atoms with Gasteiger partial charge in [-0.15, -0.1) is 0 Å². The summed E-state index contributed by atoms with van der Waals surface area (Å²) in [5.41, 5.74) is 1.57. The maximum absolute atomic E-state index is 10.1. The maximum Gasteiger partial charge on any atom is 0.240 e. The van der Waals surface area contributed by atoms with Crippen LogP contribution in [0.25, 0.3) is 6.08 Å². The van der Waals surface area contributed by atoms with E-state index in [0.29, 0.717) is 5.69 Å². The van der Waals surface area contributed by atoms with Crippen LogP contribution in [-0.2, 0) is 4.79 Å². The second-order valence-electron chi connectivity index (χ2n) is 2.72. The Morgan fingerprint density at radius 2 is 2.29 bits per heavy atom. The third-order valence-corrected chi connectivity index (χ3v) is 1.72. The Morgan fingerprint density at radius 3 is 3.00 bits per heavy atom. The fourth-order valence-corrected chi connectivity index (χ4v) is 1.08. The zero-order chi connectivity index (χ0) is 10.2. The van der Waals surface area contributed by atoms with Crippen molar-refractivity contribution < 1.29 is 4.79 Å². The molecule has 0 atom stereocenters. The number of carbonyl (C=O) groups excluding carboxylic acids is 1. The van der Waals surface area contributed by atoms with Gasteiger partial charge in [-0.1, -0.05) is 30.4 Å². The summed E-state index contributed by atoms with van der Waals surface area (Å²) < 4.78 is 0. The van der Waals surface area contributed by atoms with Crippen LogP contribution in [0, 0.1) is 0 Å². The van der Waals surface area contributed by atoms with Gasteiger partial charge in [-0.3, -0.25) is 0 Å². The molecule has 0 aromatic heterocycles. The van der Waals surface area contributed by atoms with E-state index in [4.69, 9.17) is 0 Å². The van der Waals surface area contributed by atoms with Crippen LogP contribution in [0.2, 0.25) is 0 Å². The second-order valence-corrected chi connectivity index (χ2v) is 2.72. The molecule has 0 aliphatic heterocycles. The van der Waals surface area contributed by atoms with Crippen LogP contribution in [0.4, 0.5) is 5.69 Å². The molecule has 0 saturated carbocycles. The van der Waals surface area contributed by atoms with Crippen molar-refractivity contribution in [3.8, 4) is 0 Å². The van der Waals surface area contributed by atoms with Crippen molar-refractivity contribution in [3.05, 3.63) is 35.9 Å². The third-order valence-electron chi connectivity index (χ3n) is 1.72. The average Bonchev–Trinajstić information content (AvgIpc) is 2.21. The summed E-state index contributed by atoms with van der Waals surface area (Å²) in [7, 11) is 1.87. The van der Waals surface area contributed by atoms with Crippen LogP contribution in [0.5, 0.6) is 0 Å². The van der Waals surface area contributed by atoms with Gasteiger partial charge in [0.25, 0.3) is 0 Å². The lowest BCUT2D eigenvalue weighted by atomic mass is 10.1. The molecule has 0 radical (unpaired) electrons. The minimum absolute atomic E-state index is 0.648. The van der Waals surface area contributed by atoms with Crippen molar-refractivity contribution in [2.45, 2.75) is 0 Å². The van der Waals surface area contributed by atoms with Gasteiger partial charge in [0, 0.05) is 12.1 Å². The number of isocyanates is 1. The van der Waals surface area contributed by atoms with Crippen molar-refractivity contribution in [3.63, 3.8) is 0 Å². The molecule has 0 bridgehead atoms. The molecule has 1 aromatic carbocycles. The number of nitrogens with zero attached hydrogens (tertiary/aromatic N) is 1. The van der Waals surface area contributed by atoms with Crippen molar-refractivity contribution in [2.75, 3.05) is 13.6 Å². The summed E-state index contributed by atoms with van der Waals surface area (Å²) in [5, 5.41) is 2.99. The predicted octanol–water partition coefficient (Wildman–Crippen LogP) is 1.89. The Bertz CT molecular complexity index is 365. The minimum Gasteiger partial charge on any atom is -0.316 e. The molecule has 1 N–H and O–H groups in total. The normalized spacial score (nSPS) is 10.1. The fraction of sp³-hybridized carbons (Fsp3) is 0.182. The van der Waals surface area contributed by atoms with Gasteiger partial charge in [0.1, 0.15) is 0 Å². The van der Waals surface area contributed by atoms with E-state index in [9.17, 15) is 4.79 Å². The Kier molecular flexibility index (Phi) is 4.35. The van der Waals surface area contributed by atoms with Gasteiger partial charge < -0.3 is 5.32 Å². The zero-order valence-electron chi connectivity index (χ0n) is 8.03. The van der Waals surface area contributed by atoms with Gasteiger partial charge in [0.2, 0.25) is 6.08 Å². The molecule has 0 aliphatic carbocycles. The van der Waals surface area contributed by atoms with Gasteiger partial charge in [0.15, 0.2) is 0 Å². The monoisotopic (exact) mass is 188 g/mol. The van der Waals surface area contributed by atoms with Crippen LogP contribution >= 0.6 is 0 Å². The Morgan fingerprint density at radius 1 is 1.50 bits per heavy atom. The molecule has 1 aromatic rings. The first-order valence-corrected chi connectivity index (χ1v) is 4.36. The number of rotatable bonds is 4. The van der Waals surface area contributed by atoms with Crippen LogP contribution in [-0.4, -0.2) is 19.7 Å². The summed E-state index contributed by atoms with van der Waals surface area (Å²) >= 11 is 0. The summed E-state index contributed by atoms with van der Waals surface area (Å²) in [6.45, 7) is 0.791. The van der Waals surface area contributed by atoms with Gasteiger partial charge in [0.05, 0.1) is 5.69 Å². The van der Waals surface area contributed by atoms with E-state index in [-0.39, 0.29) is 0 Å². The minimum atomic E-state index is 0.648. The van der Waals surface area contributed by atoms with E-state index >= 15 is 0 Å². The van der Waals surface area contributed by atoms with E-state index < -0.39 is 0 Å². The van der Waals surface area contributed by atoms with E-state index in [0.717, 1.165) is 12.1 Å². The number of nitrogens with one attached hydrogen (secondary N) is 1. The number of hydrogen-bond donors (Lipinski definition) is 1. The molecular formula is C11H12N2O. The molecule has 0 spiro atoms. The fourth-order valence-electron chi connectivity index (χ4n) is 1.08. The molecule has 0 fully saturated rings. The summed E-state index contributed by atoms with van der Waals surface area (Å²) in [5.74, 6) is 0. The quantitative estimate of drug-likeness (QED) is 0.579. The molecule has 1 rings (SSSR count). The van der Waals surface area contributed by atoms with Gasteiger partial charge in [-0.25, -0.2) is 4.79 Å². The Labute approximate surface area is 83.2 Å². The summed E-state index contributed by atoms with van der Waals surface area (Å²) in [6.07, 6.45) is 5.43. The van der Waals surface area contributed by atoms with Gasteiger partial charge in [-0.2, -0.15) is 4.99 Å². The Hall–Kier alpha value is -1.70. The van der Waals surface area contributed by atoms with E-state index in [1.165, 1.54) is 0 Å². The number of para-hydroxylation sites is 1. The first-order chi connectivity index (χ1) is 6.88. The number of aliphatic imine (C=N–C) groups is 1. The molecule has 72 valence electrons. The third kappa shape index (κ3) is 2.98. The maximum atomic E-state index is 10.1. The highest BCUT2D eigenvalue weighted by Gasteiger charge is 1.94. The molecule has 0 aliphatic rings. The van der Waals surface area contributed by atoms with Crippen LogP contribution < -0.4 is 5.32 Å². The van der Waals surface area contributed by atoms with Gasteiger partial charge in [-0.05, 0) is 13.1 Å². The number of benzene rings is 1. The second kappa shape index (κ2) is 5.86. The molecule has 3 heteroatoms. The SMILES string of the molecule is CNCC=Cc1ccccc1N=C=O. The van der Waals surface area contributed by atoms with Crippen LogP contribution in [0.1, 0.15) is 5.56 Å². The van der Waals surface area contributed by atoms with E-state index in [2.05, 4.69) is 10.3 Å². The van der Waals surface area contributed by atoms with Crippen molar-refractivity contribution in [1.82, 2.24) is 5.32 Å². The molecule has 3 nitrogen and oxygen atoms in total. The smallest absolute Gasteiger partial charge is 0.240 e. The molecule has 14 heavy (non-hydrogen) atoms. The standard InChI is InChI=1S/C11H12N2O/c1-12-8-4-6-10-5-2-3-7-11(10)13-9-14/h2-7,12H,8H2,1H3. The summed E-state index contributed by atoms with van der Waals surface area (Å²) in [6, 6.07) is 7.43. The lowest BCUT2D eigenvalue weighted by Crippen LogP contribution is -2.03. The van der Waals surface area contributed by atoms with E-state index in [1.54, 1.807) is 12.1 Å². The van der Waals surface area contributed by atoms with Crippen molar-refractivity contribution >= 4 is 17.8 Å². The highest BCUT2D eigenvalue weighted by atomic mass is 16.1. The molecule has 0 amide bonds. The van der Waals surface area contributed by atoms with Crippen molar-refractivity contribution in [2.24, 2.45) is 4.99 Å². The topological polar surface area (TPSA) is 41.5 Å². The predicted molar refractivity (Wildman–Crippen MR) is 57.2 cm³/mol. The molecular weight excluding hydrogens is 176 g/mol. The van der Waals surface area contributed by atoms with Crippen LogP contribution in [0.15, 0.2) is 35.3 Å². The lowest BCUT2D eigenvalue weighted by molar-refractivity contribution is 0.565. The zero-order valence-corrected chi connectivity index (χ0v) is 8.03. The first-order valence-electron chi connectivity index (χ1n) is 4.36. The average molecular weight is 188 g/mol. The molecule has 0 heterocycles. The Balaban J connectivity index is 2.89. The highest BCUT2D eigenvalue weighted by molar-refractivity contribution is 5.66. The first kappa shape index (κ1) is 10.4. The summed E-state index contributed by atoms with van der Waals surface area (Å²) in [4.78, 5) is 13.7. The largest absolute Gasteiger partial charge is 0.316 e. The van der Waals surface area contributed by atoms with Crippen LogP contribution in [0.3, 0.4) is 0 Å². The highest BCUT2D eigenvalue weighted by Crippen LogP contribution is 2.18. The van der Waals surface area contributed by atoms with Crippen molar-refractivity contribution in [1.29, 1.82) is 0 Å². The lowest BCUT2D eigenvalue weighted by Gasteiger charge is -1.97. The number of likely N-dealkylation sites (N-methyl/N-ethyl adjacent to an activating group) is 1. The number of hydrogen-bond acceptors (Lipinski definition) is 3. The molecule has 0 saturated heterocycles.